The molecule has 3 aliphatic heterocycles. The molecule has 3 aromatic rings. The molecular formula is C30H38BrFN8O4. The first kappa shape index (κ1) is 30.5. The van der Waals surface area contributed by atoms with Gasteiger partial charge in [0.1, 0.15) is 17.9 Å². The molecule has 3 aliphatic rings. The third-order valence-corrected chi connectivity index (χ3v) is 9.62. The van der Waals surface area contributed by atoms with Crippen molar-refractivity contribution in [3.05, 3.63) is 39.9 Å². The van der Waals surface area contributed by atoms with Crippen LogP contribution >= 0.6 is 15.9 Å². The zero-order chi connectivity index (χ0) is 31.2. The minimum Gasteiger partial charge on any atom is -0.461 e. The van der Waals surface area contributed by atoms with Crippen molar-refractivity contribution in [2.75, 3.05) is 52.3 Å². The summed E-state index contributed by atoms with van der Waals surface area (Å²) in [6, 6.07) is 5.38. The van der Waals surface area contributed by atoms with Crippen molar-refractivity contribution < 1.29 is 23.5 Å². The normalized spacial score (nSPS) is 21.6. The second-order valence-electron chi connectivity index (χ2n) is 12.0. The van der Waals surface area contributed by atoms with Crippen molar-refractivity contribution in [2.45, 2.75) is 63.9 Å². The van der Waals surface area contributed by atoms with Crippen molar-refractivity contribution >= 4 is 44.7 Å². The zero-order valence-electron chi connectivity index (χ0n) is 25.6. The van der Waals surface area contributed by atoms with Crippen LogP contribution in [0.4, 0.5) is 15.0 Å². The lowest BCUT2D eigenvalue weighted by Gasteiger charge is -2.34. The summed E-state index contributed by atoms with van der Waals surface area (Å²) in [5.41, 5.74) is 1.12. The van der Waals surface area contributed by atoms with E-state index in [1.807, 2.05) is 23.7 Å². The first-order valence-corrected chi connectivity index (χ1v) is 15.9. The van der Waals surface area contributed by atoms with Gasteiger partial charge in [-0.25, -0.2) is 9.18 Å². The van der Waals surface area contributed by atoms with Crippen LogP contribution in [0.5, 0.6) is 6.01 Å². The first-order chi connectivity index (χ1) is 21.1. The van der Waals surface area contributed by atoms with Crippen LogP contribution in [-0.4, -0.2) is 106 Å². The van der Waals surface area contributed by atoms with E-state index in [0.29, 0.717) is 54.2 Å². The Labute approximate surface area is 264 Å². The van der Waals surface area contributed by atoms with Gasteiger partial charge < -0.3 is 24.2 Å². The van der Waals surface area contributed by atoms with E-state index in [1.165, 1.54) is 4.90 Å². The fourth-order valence-corrected chi connectivity index (χ4v) is 6.81. The van der Waals surface area contributed by atoms with Crippen LogP contribution in [0.2, 0.25) is 0 Å². The predicted molar refractivity (Wildman–Crippen MR) is 165 cm³/mol. The SMILES string of the molecule is CCN(C)C(=O)O[C@H]1CC[C@@]2(COc3nc(N4CCCn5nc(C(=O)N(C)C)cc5C4)c4ccc(Br)c(F)c4n3)CCCN12. The van der Waals surface area contributed by atoms with E-state index in [-0.39, 0.29) is 35.3 Å². The number of fused-ring (bicyclic) bond motifs is 3. The average Bonchev–Trinajstić information content (AvgIpc) is 3.67. The van der Waals surface area contributed by atoms with Crippen LogP contribution in [0, 0.1) is 5.82 Å². The number of hydrogen-bond donors (Lipinski definition) is 0. The van der Waals surface area contributed by atoms with Gasteiger partial charge in [-0.3, -0.25) is 14.4 Å². The number of benzene rings is 1. The van der Waals surface area contributed by atoms with Gasteiger partial charge in [-0.05, 0) is 66.7 Å². The molecule has 44 heavy (non-hydrogen) atoms. The summed E-state index contributed by atoms with van der Waals surface area (Å²) < 4.78 is 29.8. The van der Waals surface area contributed by atoms with E-state index < -0.39 is 5.82 Å². The fourth-order valence-electron chi connectivity index (χ4n) is 6.49. The van der Waals surface area contributed by atoms with E-state index in [0.717, 1.165) is 44.3 Å². The number of amides is 2. The topological polar surface area (TPSA) is 109 Å². The van der Waals surface area contributed by atoms with Crippen LogP contribution < -0.4 is 9.64 Å². The monoisotopic (exact) mass is 672 g/mol. The Morgan fingerprint density at radius 3 is 2.73 bits per heavy atom. The van der Waals surface area contributed by atoms with Gasteiger partial charge in [0.05, 0.1) is 22.3 Å². The molecule has 0 N–H and O–H groups in total. The molecule has 1 aromatic carbocycles. The summed E-state index contributed by atoms with van der Waals surface area (Å²) in [5.74, 6) is -0.0785. The number of hydrogen-bond acceptors (Lipinski definition) is 9. The van der Waals surface area contributed by atoms with Gasteiger partial charge in [-0.1, -0.05) is 0 Å². The van der Waals surface area contributed by atoms with E-state index in [4.69, 9.17) is 14.5 Å². The van der Waals surface area contributed by atoms with E-state index in [2.05, 4.69) is 35.8 Å². The summed E-state index contributed by atoms with van der Waals surface area (Å²) in [5, 5.41) is 5.12. The van der Waals surface area contributed by atoms with Crippen molar-refractivity contribution in [1.82, 2.24) is 34.4 Å². The molecule has 6 rings (SSSR count). The number of carbonyl (C=O) groups is 2. The molecule has 12 nitrogen and oxygen atoms in total. The Bertz CT molecular complexity index is 1580. The average molecular weight is 674 g/mol. The molecule has 14 heteroatoms. The van der Waals surface area contributed by atoms with Crippen LogP contribution in [0.25, 0.3) is 10.9 Å². The number of halogens is 2. The van der Waals surface area contributed by atoms with Crippen molar-refractivity contribution in [1.29, 1.82) is 0 Å². The molecule has 0 bridgehead atoms. The Balaban J connectivity index is 1.28. The number of aryl methyl sites for hydroxylation is 1. The Morgan fingerprint density at radius 2 is 1.95 bits per heavy atom. The van der Waals surface area contributed by atoms with Gasteiger partial charge in [-0.15, -0.1) is 0 Å². The molecule has 5 heterocycles. The highest BCUT2D eigenvalue weighted by Gasteiger charge is 2.51. The third-order valence-electron chi connectivity index (χ3n) is 9.01. The first-order valence-electron chi connectivity index (χ1n) is 15.1. The van der Waals surface area contributed by atoms with Crippen LogP contribution in [0.3, 0.4) is 0 Å². The molecule has 2 saturated heterocycles. The van der Waals surface area contributed by atoms with Gasteiger partial charge >= 0.3 is 12.1 Å². The molecule has 0 radical (unpaired) electrons. The highest BCUT2D eigenvalue weighted by atomic mass is 79.9. The molecule has 2 amide bonds. The predicted octanol–water partition coefficient (Wildman–Crippen LogP) is 4.26. The summed E-state index contributed by atoms with van der Waals surface area (Å²) in [4.78, 5) is 41.8. The number of rotatable bonds is 7. The smallest absolute Gasteiger partial charge is 0.411 e. The van der Waals surface area contributed by atoms with Gasteiger partial charge in [-0.2, -0.15) is 15.1 Å². The minimum absolute atomic E-state index is 0.0955. The second kappa shape index (κ2) is 12.1. The number of anilines is 1. The van der Waals surface area contributed by atoms with Crippen molar-refractivity contribution in [3.63, 3.8) is 0 Å². The Hall–Kier alpha value is -3.52. The number of ether oxygens (including phenoxy) is 2. The van der Waals surface area contributed by atoms with Crippen molar-refractivity contribution in [2.24, 2.45) is 0 Å². The lowest BCUT2D eigenvalue weighted by Crippen LogP contribution is -2.48. The largest absolute Gasteiger partial charge is 0.461 e. The maximum Gasteiger partial charge on any atom is 0.411 e. The highest BCUT2D eigenvalue weighted by Crippen LogP contribution is 2.43. The van der Waals surface area contributed by atoms with Crippen LogP contribution in [-0.2, 0) is 17.8 Å². The lowest BCUT2D eigenvalue weighted by atomic mass is 9.95. The number of aromatic nitrogens is 4. The second-order valence-corrected chi connectivity index (χ2v) is 12.9. The molecule has 2 atom stereocenters. The maximum absolute atomic E-state index is 15.5. The van der Waals surface area contributed by atoms with Gasteiger partial charge in [0.25, 0.3) is 5.91 Å². The quantitative estimate of drug-likeness (QED) is 0.364. The maximum atomic E-state index is 15.5. The Kier molecular flexibility index (Phi) is 8.40. The lowest BCUT2D eigenvalue weighted by molar-refractivity contribution is -0.0331. The summed E-state index contributed by atoms with van der Waals surface area (Å²) >= 11 is 3.30. The van der Waals surface area contributed by atoms with E-state index in [1.54, 1.807) is 32.1 Å². The third kappa shape index (κ3) is 5.57. The fraction of sp³-hybridized carbons (Fsp3) is 0.567. The molecule has 236 valence electrons. The van der Waals surface area contributed by atoms with Gasteiger partial charge in [0, 0.05) is 59.1 Å². The highest BCUT2D eigenvalue weighted by molar-refractivity contribution is 9.10. The van der Waals surface area contributed by atoms with Crippen LogP contribution in [0.1, 0.15) is 55.2 Å². The van der Waals surface area contributed by atoms with Crippen molar-refractivity contribution in [3.8, 4) is 6.01 Å². The molecule has 0 unspecified atom stereocenters. The summed E-state index contributed by atoms with van der Waals surface area (Å²) in [7, 11) is 5.13. The van der Waals surface area contributed by atoms with Crippen LogP contribution in [0.15, 0.2) is 22.7 Å². The molecule has 0 saturated carbocycles. The van der Waals surface area contributed by atoms with E-state index in [9.17, 15) is 9.59 Å². The van der Waals surface area contributed by atoms with Gasteiger partial charge in [0.15, 0.2) is 17.7 Å². The standard InChI is InChI=1S/C30H38BrFN8O4/c1-5-37(4)29(42)44-23-10-12-30(11-6-14-39(23)30)18-43-28-33-25-20(8-9-21(31)24(25)32)26(34-28)38-13-7-15-40-19(17-38)16-22(35-40)27(41)36(2)3/h8-9,16,23H,5-7,10-15,17-18H2,1-4H3/t23-,30+/m0/s1. The van der Waals surface area contributed by atoms with E-state index >= 15 is 4.39 Å². The molecular weight excluding hydrogens is 635 g/mol. The zero-order valence-corrected chi connectivity index (χ0v) is 27.1. The Morgan fingerprint density at radius 1 is 1.14 bits per heavy atom. The molecule has 0 aliphatic carbocycles. The number of carbonyl (C=O) groups excluding carboxylic acids is 2. The minimum atomic E-state index is -0.483. The summed E-state index contributed by atoms with van der Waals surface area (Å²) in [6.45, 7) is 5.33. The molecule has 0 spiro atoms. The number of nitrogens with zero attached hydrogens (tertiary/aromatic N) is 8. The molecule has 2 fully saturated rings. The van der Waals surface area contributed by atoms with Gasteiger partial charge in [0.2, 0.25) is 0 Å². The summed E-state index contributed by atoms with van der Waals surface area (Å²) in [6.07, 6.45) is 3.51. The molecule has 2 aromatic heterocycles.